The minimum absolute atomic E-state index is 0.00384. The zero-order valence-corrected chi connectivity index (χ0v) is 13.1. The lowest BCUT2D eigenvalue weighted by Crippen LogP contribution is -2.25. The standard InChI is InChI=1S/C16H15N3O5/c1-3-23-16(20)13-9(2)24-15(18)12(8-17)14(13)10-5-4-6-11(7-10)19(21)22/h4-7,14H,3,18H2,1-2H3/t14-/m0/s1. The summed E-state index contributed by atoms with van der Waals surface area (Å²) in [5, 5.41) is 20.4. The van der Waals surface area contributed by atoms with E-state index in [-0.39, 0.29) is 35.1 Å². The van der Waals surface area contributed by atoms with E-state index in [0.717, 1.165) is 0 Å². The second kappa shape index (κ2) is 6.83. The van der Waals surface area contributed by atoms with Crippen LogP contribution in [0.2, 0.25) is 0 Å². The molecule has 1 heterocycles. The van der Waals surface area contributed by atoms with Gasteiger partial charge in [0.05, 0.1) is 23.0 Å². The Balaban J connectivity index is 2.65. The van der Waals surface area contributed by atoms with Crippen molar-refractivity contribution in [1.82, 2.24) is 0 Å². The van der Waals surface area contributed by atoms with Gasteiger partial charge in [-0.25, -0.2) is 4.79 Å². The van der Waals surface area contributed by atoms with Gasteiger partial charge in [-0.3, -0.25) is 10.1 Å². The van der Waals surface area contributed by atoms with Gasteiger partial charge >= 0.3 is 5.97 Å². The highest BCUT2D eigenvalue weighted by atomic mass is 16.6. The third-order valence-corrected chi connectivity index (χ3v) is 3.52. The summed E-state index contributed by atoms with van der Waals surface area (Å²) in [6, 6.07) is 7.60. The Morgan fingerprint density at radius 1 is 1.54 bits per heavy atom. The highest BCUT2D eigenvalue weighted by Gasteiger charge is 2.36. The van der Waals surface area contributed by atoms with Crippen molar-refractivity contribution in [2.24, 2.45) is 5.73 Å². The number of ether oxygens (including phenoxy) is 2. The molecule has 124 valence electrons. The van der Waals surface area contributed by atoms with E-state index in [1.54, 1.807) is 13.0 Å². The maximum Gasteiger partial charge on any atom is 0.338 e. The first kappa shape index (κ1) is 17.0. The number of carbonyl (C=O) groups is 1. The molecule has 24 heavy (non-hydrogen) atoms. The van der Waals surface area contributed by atoms with Crippen LogP contribution in [-0.2, 0) is 14.3 Å². The van der Waals surface area contributed by atoms with E-state index in [1.807, 2.05) is 6.07 Å². The highest BCUT2D eigenvalue weighted by molar-refractivity contribution is 5.92. The third kappa shape index (κ3) is 3.05. The van der Waals surface area contributed by atoms with E-state index in [2.05, 4.69) is 0 Å². The van der Waals surface area contributed by atoms with E-state index in [1.165, 1.54) is 25.1 Å². The van der Waals surface area contributed by atoms with Crippen molar-refractivity contribution < 1.29 is 19.2 Å². The Kier molecular flexibility index (Phi) is 4.84. The molecule has 0 aliphatic carbocycles. The lowest BCUT2D eigenvalue weighted by Gasteiger charge is -2.26. The minimum Gasteiger partial charge on any atom is -0.463 e. The highest BCUT2D eigenvalue weighted by Crippen LogP contribution is 2.40. The number of rotatable bonds is 4. The van der Waals surface area contributed by atoms with Crippen LogP contribution in [0.4, 0.5) is 5.69 Å². The Bertz CT molecular complexity index is 804. The molecule has 2 rings (SSSR count). The van der Waals surface area contributed by atoms with Crippen LogP contribution in [0.5, 0.6) is 0 Å². The summed E-state index contributed by atoms with van der Waals surface area (Å²) in [5.74, 6) is -1.49. The first-order chi connectivity index (χ1) is 11.4. The maximum absolute atomic E-state index is 12.3. The number of non-ortho nitro benzene ring substituents is 1. The van der Waals surface area contributed by atoms with Gasteiger partial charge in [0.1, 0.15) is 17.4 Å². The van der Waals surface area contributed by atoms with Gasteiger partial charge in [-0.1, -0.05) is 12.1 Å². The number of nitrogens with zero attached hydrogens (tertiary/aromatic N) is 2. The molecule has 0 amide bonds. The molecule has 1 aliphatic rings. The summed E-state index contributed by atoms with van der Waals surface area (Å²) in [4.78, 5) is 22.8. The molecule has 0 saturated heterocycles. The molecule has 1 atom stereocenters. The zero-order chi connectivity index (χ0) is 17.9. The molecular formula is C16H15N3O5. The molecule has 2 N–H and O–H groups in total. The van der Waals surface area contributed by atoms with Gasteiger partial charge in [0.2, 0.25) is 5.88 Å². The van der Waals surface area contributed by atoms with Crippen molar-refractivity contribution in [2.75, 3.05) is 6.61 Å². The summed E-state index contributed by atoms with van der Waals surface area (Å²) in [6.07, 6.45) is 0. The van der Waals surface area contributed by atoms with Gasteiger partial charge < -0.3 is 15.2 Å². The van der Waals surface area contributed by atoms with Gasteiger partial charge in [0.15, 0.2) is 0 Å². The van der Waals surface area contributed by atoms with E-state index < -0.39 is 16.8 Å². The SMILES string of the molecule is CCOC(=O)C1=C(C)OC(N)=C(C#N)[C@@H]1c1cccc([N+](=O)[O-])c1. The third-order valence-electron chi connectivity index (χ3n) is 3.52. The van der Waals surface area contributed by atoms with Gasteiger partial charge in [0.25, 0.3) is 5.69 Å². The molecule has 0 aromatic heterocycles. The number of nitro benzene ring substituents is 1. The number of nitriles is 1. The largest absolute Gasteiger partial charge is 0.463 e. The van der Waals surface area contributed by atoms with Gasteiger partial charge in [-0.2, -0.15) is 5.26 Å². The molecule has 1 aromatic carbocycles. The van der Waals surface area contributed by atoms with Crippen LogP contribution < -0.4 is 5.73 Å². The number of esters is 1. The first-order valence-corrected chi connectivity index (χ1v) is 7.10. The predicted molar refractivity (Wildman–Crippen MR) is 83.1 cm³/mol. The summed E-state index contributed by atoms with van der Waals surface area (Å²) in [7, 11) is 0. The summed E-state index contributed by atoms with van der Waals surface area (Å²) >= 11 is 0. The maximum atomic E-state index is 12.3. The summed E-state index contributed by atoms with van der Waals surface area (Å²) < 4.78 is 10.3. The van der Waals surface area contributed by atoms with Crippen LogP contribution in [0.1, 0.15) is 25.3 Å². The molecular weight excluding hydrogens is 314 g/mol. The van der Waals surface area contributed by atoms with Gasteiger partial charge in [0, 0.05) is 12.1 Å². The minimum atomic E-state index is -0.886. The molecule has 8 heteroatoms. The van der Waals surface area contributed by atoms with Crippen LogP contribution >= 0.6 is 0 Å². The molecule has 0 spiro atoms. The number of carbonyl (C=O) groups excluding carboxylic acids is 1. The second-order valence-electron chi connectivity index (χ2n) is 4.97. The van der Waals surface area contributed by atoms with Crippen LogP contribution in [0.3, 0.4) is 0 Å². The van der Waals surface area contributed by atoms with E-state index in [0.29, 0.717) is 5.56 Å². The Morgan fingerprint density at radius 3 is 2.83 bits per heavy atom. The lowest BCUT2D eigenvalue weighted by atomic mass is 9.83. The normalized spacial score (nSPS) is 17.1. The molecule has 0 unspecified atom stereocenters. The van der Waals surface area contributed by atoms with Crippen LogP contribution in [-0.4, -0.2) is 17.5 Å². The number of allylic oxidation sites excluding steroid dienone is 2. The van der Waals surface area contributed by atoms with E-state index in [4.69, 9.17) is 15.2 Å². The quantitative estimate of drug-likeness (QED) is 0.509. The smallest absolute Gasteiger partial charge is 0.338 e. The Hall–Kier alpha value is -3.34. The predicted octanol–water partition coefficient (Wildman–Crippen LogP) is 2.24. The fourth-order valence-electron chi connectivity index (χ4n) is 2.51. The van der Waals surface area contributed by atoms with Crippen molar-refractivity contribution in [3.63, 3.8) is 0 Å². The van der Waals surface area contributed by atoms with Crippen molar-refractivity contribution in [3.8, 4) is 6.07 Å². The van der Waals surface area contributed by atoms with Crippen LogP contribution in [0.15, 0.2) is 47.1 Å². The molecule has 0 radical (unpaired) electrons. The van der Waals surface area contributed by atoms with Crippen LogP contribution in [0.25, 0.3) is 0 Å². The fraction of sp³-hybridized carbons (Fsp3) is 0.250. The van der Waals surface area contributed by atoms with Gasteiger partial charge in [-0.15, -0.1) is 0 Å². The Morgan fingerprint density at radius 2 is 2.25 bits per heavy atom. The first-order valence-electron chi connectivity index (χ1n) is 7.10. The molecule has 0 fully saturated rings. The lowest BCUT2D eigenvalue weighted by molar-refractivity contribution is -0.384. The number of hydrogen-bond donors (Lipinski definition) is 1. The monoisotopic (exact) mass is 329 g/mol. The Labute approximate surface area is 137 Å². The van der Waals surface area contributed by atoms with E-state index in [9.17, 15) is 20.2 Å². The molecule has 1 aromatic rings. The fourth-order valence-corrected chi connectivity index (χ4v) is 2.51. The van der Waals surface area contributed by atoms with E-state index >= 15 is 0 Å². The average Bonchev–Trinajstić information content (AvgIpc) is 2.54. The number of nitro groups is 1. The molecule has 1 aliphatic heterocycles. The zero-order valence-electron chi connectivity index (χ0n) is 13.1. The topological polar surface area (TPSA) is 128 Å². The van der Waals surface area contributed by atoms with Crippen molar-refractivity contribution in [3.05, 3.63) is 62.7 Å². The van der Waals surface area contributed by atoms with Crippen molar-refractivity contribution in [1.29, 1.82) is 5.26 Å². The number of hydrogen-bond acceptors (Lipinski definition) is 7. The average molecular weight is 329 g/mol. The number of nitrogens with two attached hydrogens (primary N) is 1. The summed E-state index contributed by atoms with van der Waals surface area (Å²) in [5.41, 5.74) is 6.09. The summed E-state index contributed by atoms with van der Waals surface area (Å²) in [6.45, 7) is 3.31. The van der Waals surface area contributed by atoms with Gasteiger partial charge in [-0.05, 0) is 19.4 Å². The van der Waals surface area contributed by atoms with Crippen molar-refractivity contribution >= 4 is 11.7 Å². The van der Waals surface area contributed by atoms with Crippen molar-refractivity contribution in [2.45, 2.75) is 19.8 Å². The molecule has 8 nitrogen and oxygen atoms in total. The molecule has 0 saturated carbocycles. The second-order valence-corrected chi connectivity index (χ2v) is 4.97. The van der Waals surface area contributed by atoms with Crippen LogP contribution in [0, 0.1) is 21.4 Å². The number of benzene rings is 1. The molecule has 0 bridgehead atoms.